The highest BCUT2D eigenvalue weighted by Crippen LogP contribution is 2.33. The summed E-state index contributed by atoms with van der Waals surface area (Å²) in [5.74, 6) is 0.534. The number of hydrogen-bond donors (Lipinski definition) is 1. The Balaban J connectivity index is 1.39. The predicted octanol–water partition coefficient (Wildman–Crippen LogP) is 4.85. The number of pyridine rings is 1. The Hall–Kier alpha value is -4.00. The van der Waals surface area contributed by atoms with Gasteiger partial charge in [-0.25, -0.2) is 4.98 Å². The quantitative estimate of drug-likeness (QED) is 0.440. The number of rotatable bonds is 6. The molecule has 7 nitrogen and oxygen atoms in total. The Morgan fingerprint density at radius 2 is 1.77 bits per heavy atom. The van der Waals surface area contributed by atoms with Gasteiger partial charge in [-0.3, -0.25) is 9.59 Å². The van der Waals surface area contributed by atoms with E-state index in [1.54, 1.807) is 9.58 Å². The standard InChI is InChI=1S/C28H29N5O2/c1-4-19-10-8-11-20(5-2)27(19)32-17-22(16-26(32)34)28(35)30-25-15-18(3)31-33(25)24-14-13-21-9-6-7-12-23(21)29-24/h6-15,22H,4-5,16-17H2,1-3H3,(H,30,35). The summed E-state index contributed by atoms with van der Waals surface area (Å²) in [7, 11) is 0. The van der Waals surface area contributed by atoms with Crippen LogP contribution >= 0.6 is 0 Å². The van der Waals surface area contributed by atoms with Gasteiger partial charge in [0.2, 0.25) is 11.8 Å². The van der Waals surface area contributed by atoms with E-state index in [2.05, 4.69) is 36.4 Å². The smallest absolute Gasteiger partial charge is 0.230 e. The van der Waals surface area contributed by atoms with Gasteiger partial charge in [-0.2, -0.15) is 9.78 Å². The summed E-state index contributed by atoms with van der Waals surface area (Å²) < 4.78 is 1.65. The van der Waals surface area contributed by atoms with E-state index in [1.807, 2.05) is 55.5 Å². The Bertz CT molecular complexity index is 1400. The van der Waals surface area contributed by atoms with Gasteiger partial charge >= 0.3 is 0 Å². The van der Waals surface area contributed by atoms with Crippen molar-refractivity contribution in [2.45, 2.75) is 40.0 Å². The van der Waals surface area contributed by atoms with E-state index in [-0.39, 0.29) is 18.2 Å². The molecule has 3 heterocycles. The van der Waals surface area contributed by atoms with E-state index in [0.29, 0.717) is 18.2 Å². The van der Waals surface area contributed by atoms with E-state index >= 15 is 0 Å². The molecular formula is C28H29N5O2. The summed E-state index contributed by atoms with van der Waals surface area (Å²) in [4.78, 5) is 32.8. The maximum Gasteiger partial charge on any atom is 0.230 e. The van der Waals surface area contributed by atoms with Gasteiger partial charge in [0, 0.05) is 30.1 Å². The molecule has 35 heavy (non-hydrogen) atoms. The SMILES string of the molecule is CCc1cccc(CC)c1N1CC(C(=O)Nc2cc(C)nn2-c2ccc3ccccc3n2)CC1=O. The normalized spacial score (nSPS) is 15.7. The fourth-order valence-corrected chi connectivity index (χ4v) is 4.83. The summed E-state index contributed by atoms with van der Waals surface area (Å²) in [6, 6.07) is 19.7. The third-order valence-electron chi connectivity index (χ3n) is 6.61. The Morgan fingerprint density at radius 1 is 1.03 bits per heavy atom. The molecule has 1 saturated heterocycles. The Kier molecular flexibility index (Phi) is 6.07. The number of hydrogen-bond acceptors (Lipinski definition) is 4. The van der Waals surface area contributed by atoms with E-state index < -0.39 is 5.92 Å². The molecule has 0 spiro atoms. The van der Waals surface area contributed by atoms with Crippen molar-refractivity contribution in [1.82, 2.24) is 14.8 Å². The number of fused-ring (bicyclic) bond motifs is 1. The lowest BCUT2D eigenvalue weighted by Crippen LogP contribution is -2.30. The van der Waals surface area contributed by atoms with E-state index in [0.717, 1.165) is 46.3 Å². The number of nitrogens with one attached hydrogen (secondary N) is 1. The minimum atomic E-state index is -0.440. The fourth-order valence-electron chi connectivity index (χ4n) is 4.83. The molecule has 1 N–H and O–H groups in total. The molecule has 2 aromatic carbocycles. The number of amides is 2. The largest absolute Gasteiger partial charge is 0.311 e. The van der Waals surface area contributed by atoms with Crippen LogP contribution in [0, 0.1) is 12.8 Å². The summed E-state index contributed by atoms with van der Waals surface area (Å²) in [6.45, 7) is 6.43. The second-order valence-corrected chi connectivity index (χ2v) is 8.97. The molecule has 5 rings (SSSR count). The molecule has 7 heteroatoms. The van der Waals surface area contributed by atoms with Crippen molar-refractivity contribution in [2.75, 3.05) is 16.8 Å². The third-order valence-corrected chi connectivity index (χ3v) is 6.61. The lowest BCUT2D eigenvalue weighted by atomic mass is 10.0. The van der Waals surface area contributed by atoms with E-state index in [4.69, 9.17) is 4.98 Å². The minimum absolute atomic E-state index is 0.0124. The molecule has 0 radical (unpaired) electrons. The molecule has 0 saturated carbocycles. The molecule has 178 valence electrons. The van der Waals surface area contributed by atoms with Crippen molar-refractivity contribution >= 4 is 34.2 Å². The lowest BCUT2D eigenvalue weighted by Gasteiger charge is -2.23. The highest BCUT2D eigenvalue weighted by atomic mass is 16.2. The maximum atomic E-state index is 13.3. The van der Waals surface area contributed by atoms with Crippen molar-refractivity contribution in [1.29, 1.82) is 0 Å². The van der Waals surface area contributed by atoms with Crippen LogP contribution in [0.3, 0.4) is 0 Å². The first-order valence-corrected chi connectivity index (χ1v) is 12.1. The van der Waals surface area contributed by atoms with Crippen molar-refractivity contribution in [2.24, 2.45) is 5.92 Å². The van der Waals surface area contributed by atoms with Gasteiger partial charge < -0.3 is 10.2 Å². The van der Waals surface area contributed by atoms with Gasteiger partial charge in [-0.05, 0) is 49.1 Å². The van der Waals surface area contributed by atoms with Crippen molar-refractivity contribution in [3.8, 4) is 5.82 Å². The van der Waals surface area contributed by atoms with Crippen molar-refractivity contribution in [3.05, 3.63) is 77.5 Å². The molecule has 1 unspecified atom stereocenters. The topological polar surface area (TPSA) is 80.1 Å². The molecular weight excluding hydrogens is 438 g/mol. The number of benzene rings is 2. The Morgan fingerprint density at radius 3 is 2.51 bits per heavy atom. The van der Waals surface area contributed by atoms with Crippen LogP contribution in [0.2, 0.25) is 0 Å². The monoisotopic (exact) mass is 467 g/mol. The van der Waals surface area contributed by atoms with Crippen molar-refractivity contribution < 1.29 is 9.59 Å². The van der Waals surface area contributed by atoms with Gasteiger partial charge in [0.05, 0.1) is 17.1 Å². The van der Waals surface area contributed by atoms with Crippen LogP contribution in [0.1, 0.15) is 37.1 Å². The van der Waals surface area contributed by atoms with E-state index in [9.17, 15) is 9.59 Å². The van der Waals surface area contributed by atoms with Gasteiger partial charge in [0.25, 0.3) is 0 Å². The average molecular weight is 468 g/mol. The average Bonchev–Trinajstić information content (AvgIpc) is 3.44. The van der Waals surface area contributed by atoms with Crippen LogP contribution in [0.5, 0.6) is 0 Å². The van der Waals surface area contributed by atoms with Crippen LogP contribution in [-0.4, -0.2) is 33.1 Å². The number of aromatic nitrogens is 3. The second kappa shape index (κ2) is 9.33. The zero-order valence-electron chi connectivity index (χ0n) is 20.3. The third kappa shape index (κ3) is 4.30. The van der Waals surface area contributed by atoms with Gasteiger partial charge in [-0.1, -0.05) is 50.2 Å². The summed E-state index contributed by atoms with van der Waals surface area (Å²) >= 11 is 0. The molecule has 1 aliphatic heterocycles. The molecule has 1 aliphatic rings. The number of carbonyl (C=O) groups is 2. The maximum absolute atomic E-state index is 13.3. The summed E-state index contributed by atoms with van der Waals surface area (Å²) in [5.41, 5.74) is 4.86. The molecule has 0 bridgehead atoms. The first-order chi connectivity index (χ1) is 17.0. The molecule has 2 aromatic heterocycles. The highest BCUT2D eigenvalue weighted by Gasteiger charge is 2.37. The molecule has 2 amide bonds. The Labute approximate surface area is 204 Å². The molecule has 1 atom stereocenters. The predicted molar refractivity (Wildman–Crippen MR) is 138 cm³/mol. The molecule has 0 aliphatic carbocycles. The number of para-hydroxylation sites is 2. The molecule has 1 fully saturated rings. The number of carbonyl (C=O) groups excluding carboxylic acids is 2. The van der Waals surface area contributed by atoms with Crippen LogP contribution < -0.4 is 10.2 Å². The van der Waals surface area contributed by atoms with Crippen LogP contribution in [0.15, 0.2) is 60.7 Å². The zero-order valence-corrected chi connectivity index (χ0v) is 20.3. The van der Waals surface area contributed by atoms with Gasteiger partial charge in [0.1, 0.15) is 5.82 Å². The van der Waals surface area contributed by atoms with Gasteiger partial charge in [0.15, 0.2) is 5.82 Å². The number of aryl methyl sites for hydroxylation is 3. The fraction of sp³-hybridized carbons (Fsp3) is 0.286. The first kappa shape index (κ1) is 22.8. The second-order valence-electron chi connectivity index (χ2n) is 8.97. The summed E-state index contributed by atoms with van der Waals surface area (Å²) in [5, 5.41) is 8.60. The van der Waals surface area contributed by atoms with E-state index in [1.165, 1.54) is 0 Å². The number of anilines is 2. The molecule has 4 aromatic rings. The summed E-state index contributed by atoms with van der Waals surface area (Å²) in [6.07, 6.45) is 1.86. The lowest BCUT2D eigenvalue weighted by molar-refractivity contribution is -0.122. The van der Waals surface area contributed by atoms with Crippen LogP contribution in [0.25, 0.3) is 16.7 Å². The van der Waals surface area contributed by atoms with Crippen LogP contribution in [0.4, 0.5) is 11.5 Å². The van der Waals surface area contributed by atoms with Gasteiger partial charge in [-0.15, -0.1) is 0 Å². The first-order valence-electron chi connectivity index (χ1n) is 12.1. The highest BCUT2D eigenvalue weighted by molar-refractivity contribution is 6.04. The zero-order chi connectivity index (χ0) is 24.5. The minimum Gasteiger partial charge on any atom is -0.311 e. The van der Waals surface area contributed by atoms with Crippen molar-refractivity contribution in [3.63, 3.8) is 0 Å². The van der Waals surface area contributed by atoms with Crippen LogP contribution in [-0.2, 0) is 22.4 Å². The number of nitrogens with zero attached hydrogens (tertiary/aromatic N) is 4.